The van der Waals surface area contributed by atoms with Crippen LogP contribution in [-0.2, 0) is 19.5 Å². The van der Waals surface area contributed by atoms with Gasteiger partial charge in [-0.25, -0.2) is 4.98 Å². The van der Waals surface area contributed by atoms with Crippen LogP contribution in [0.25, 0.3) is 0 Å². The predicted molar refractivity (Wildman–Crippen MR) is 86.7 cm³/mol. The van der Waals surface area contributed by atoms with Crippen molar-refractivity contribution in [2.24, 2.45) is 0 Å². The number of nitrogen functional groups attached to an aromatic ring is 1. The van der Waals surface area contributed by atoms with E-state index in [1.165, 1.54) is 16.2 Å². The zero-order valence-corrected chi connectivity index (χ0v) is 13.3. The molecule has 0 radical (unpaired) electrons. The topological polar surface area (TPSA) is 75.2 Å². The molecule has 1 aliphatic heterocycles. The highest BCUT2D eigenvalue weighted by atomic mass is 32.1. The van der Waals surface area contributed by atoms with Crippen molar-refractivity contribution < 1.29 is 4.74 Å². The summed E-state index contributed by atoms with van der Waals surface area (Å²) >= 11 is 1.54. The Labute approximate surface area is 134 Å². The number of aromatic nitrogens is 1. The van der Waals surface area contributed by atoms with E-state index < -0.39 is 0 Å². The Morgan fingerprint density at radius 2 is 2.36 bits per heavy atom. The van der Waals surface area contributed by atoms with Crippen molar-refractivity contribution >= 4 is 16.3 Å². The van der Waals surface area contributed by atoms with Crippen molar-refractivity contribution in [2.75, 3.05) is 18.9 Å². The van der Waals surface area contributed by atoms with Gasteiger partial charge in [-0.2, -0.15) is 5.26 Å². The predicted octanol–water partition coefficient (Wildman–Crippen LogP) is 2.55. The molecule has 0 unspecified atom stereocenters. The number of nitriles is 1. The van der Waals surface area contributed by atoms with E-state index in [9.17, 15) is 5.26 Å². The van der Waals surface area contributed by atoms with E-state index >= 15 is 0 Å². The maximum Gasteiger partial charge on any atom is 0.213 e. The van der Waals surface area contributed by atoms with E-state index in [4.69, 9.17) is 10.5 Å². The average molecular weight is 314 g/mol. The summed E-state index contributed by atoms with van der Waals surface area (Å²) in [5, 5.41) is 9.83. The molecule has 3 rings (SSSR count). The molecule has 0 spiro atoms. The van der Waals surface area contributed by atoms with E-state index in [0.29, 0.717) is 23.1 Å². The van der Waals surface area contributed by atoms with Crippen LogP contribution in [0.15, 0.2) is 18.2 Å². The van der Waals surface area contributed by atoms with Crippen LogP contribution in [0.3, 0.4) is 0 Å². The van der Waals surface area contributed by atoms with E-state index in [1.54, 1.807) is 0 Å². The molecular weight excluding hydrogens is 296 g/mol. The van der Waals surface area contributed by atoms with Crippen LogP contribution < -0.4 is 10.5 Å². The Kier molecular flexibility index (Phi) is 4.27. The van der Waals surface area contributed by atoms with Gasteiger partial charge in [-0.15, -0.1) is 11.3 Å². The zero-order chi connectivity index (χ0) is 15.5. The fraction of sp³-hybridized carbons (Fsp3) is 0.375. The fourth-order valence-electron chi connectivity index (χ4n) is 2.74. The van der Waals surface area contributed by atoms with Gasteiger partial charge in [-0.05, 0) is 25.0 Å². The molecule has 0 saturated carbocycles. The summed E-state index contributed by atoms with van der Waals surface area (Å²) in [6.07, 6.45) is 0.872. The lowest BCUT2D eigenvalue weighted by Gasteiger charge is -2.26. The van der Waals surface area contributed by atoms with Crippen LogP contribution in [0.4, 0.5) is 5.00 Å². The monoisotopic (exact) mass is 314 g/mol. The second-order valence-electron chi connectivity index (χ2n) is 5.22. The summed E-state index contributed by atoms with van der Waals surface area (Å²) < 4.78 is 5.45. The Balaban J connectivity index is 1.73. The van der Waals surface area contributed by atoms with E-state index in [0.717, 1.165) is 37.3 Å². The maximum absolute atomic E-state index is 9.18. The van der Waals surface area contributed by atoms with Gasteiger partial charge in [-0.3, -0.25) is 4.90 Å². The number of anilines is 1. The van der Waals surface area contributed by atoms with Crippen LogP contribution in [0.5, 0.6) is 5.88 Å². The smallest absolute Gasteiger partial charge is 0.213 e. The van der Waals surface area contributed by atoms with Crippen LogP contribution >= 0.6 is 11.3 Å². The molecule has 2 aromatic rings. The molecule has 5 nitrogen and oxygen atoms in total. The van der Waals surface area contributed by atoms with Gasteiger partial charge < -0.3 is 10.5 Å². The van der Waals surface area contributed by atoms with Crippen molar-refractivity contribution in [3.8, 4) is 11.9 Å². The molecular formula is C16H18N4OS. The van der Waals surface area contributed by atoms with Gasteiger partial charge in [0.15, 0.2) is 0 Å². The SMILES string of the molecule is CCOc1cccc(CN2CCc3c(sc(N)c3C#N)C2)n1. The Morgan fingerprint density at radius 1 is 1.50 bits per heavy atom. The number of nitrogens with zero attached hydrogens (tertiary/aromatic N) is 3. The molecule has 2 N–H and O–H groups in total. The molecule has 0 aromatic carbocycles. The van der Waals surface area contributed by atoms with E-state index in [-0.39, 0.29) is 0 Å². The van der Waals surface area contributed by atoms with E-state index in [2.05, 4.69) is 16.0 Å². The lowest BCUT2D eigenvalue weighted by molar-refractivity contribution is 0.244. The lowest BCUT2D eigenvalue weighted by Crippen LogP contribution is -2.29. The zero-order valence-electron chi connectivity index (χ0n) is 12.5. The minimum absolute atomic E-state index is 0.620. The Hall–Kier alpha value is -2.10. The van der Waals surface area contributed by atoms with Gasteiger partial charge in [0.05, 0.1) is 17.9 Å². The normalized spacial score (nSPS) is 14.4. The number of pyridine rings is 1. The Morgan fingerprint density at radius 3 is 3.14 bits per heavy atom. The molecule has 2 aromatic heterocycles. The maximum atomic E-state index is 9.18. The highest BCUT2D eigenvalue weighted by molar-refractivity contribution is 7.16. The quantitative estimate of drug-likeness (QED) is 0.938. The number of thiophene rings is 1. The third kappa shape index (κ3) is 2.91. The fourth-order valence-corrected chi connectivity index (χ4v) is 3.85. The minimum Gasteiger partial charge on any atom is -0.478 e. The van der Waals surface area contributed by atoms with Gasteiger partial charge in [0, 0.05) is 30.6 Å². The first-order valence-electron chi connectivity index (χ1n) is 7.32. The van der Waals surface area contributed by atoms with E-state index in [1.807, 2.05) is 25.1 Å². The first-order valence-corrected chi connectivity index (χ1v) is 8.14. The average Bonchev–Trinajstić information content (AvgIpc) is 2.82. The summed E-state index contributed by atoms with van der Waals surface area (Å²) in [6.45, 7) is 5.09. The summed E-state index contributed by atoms with van der Waals surface area (Å²) in [4.78, 5) is 8.05. The first-order chi connectivity index (χ1) is 10.7. The van der Waals surface area contributed by atoms with Gasteiger partial charge in [-0.1, -0.05) is 6.07 Å². The minimum atomic E-state index is 0.620. The molecule has 0 saturated heterocycles. The molecule has 0 amide bonds. The van der Waals surface area contributed by atoms with Crippen LogP contribution in [0.2, 0.25) is 0 Å². The highest BCUT2D eigenvalue weighted by Gasteiger charge is 2.23. The molecule has 3 heterocycles. The van der Waals surface area contributed by atoms with Crippen molar-refractivity contribution in [3.05, 3.63) is 39.9 Å². The molecule has 6 heteroatoms. The summed E-state index contributed by atoms with van der Waals surface area (Å²) in [6, 6.07) is 8.09. The van der Waals surface area contributed by atoms with Crippen LogP contribution in [0.1, 0.15) is 28.6 Å². The third-order valence-corrected chi connectivity index (χ3v) is 4.78. The third-order valence-electron chi connectivity index (χ3n) is 3.73. The van der Waals surface area contributed by atoms with Crippen molar-refractivity contribution in [1.82, 2.24) is 9.88 Å². The van der Waals surface area contributed by atoms with Crippen molar-refractivity contribution in [2.45, 2.75) is 26.4 Å². The molecule has 1 aliphatic rings. The second-order valence-corrected chi connectivity index (χ2v) is 6.35. The second kappa shape index (κ2) is 6.34. The number of rotatable bonds is 4. The molecule has 114 valence electrons. The largest absolute Gasteiger partial charge is 0.478 e. The lowest BCUT2D eigenvalue weighted by atomic mass is 10.0. The first kappa shape index (κ1) is 14.8. The van der Waals surface area contributed by atoms with Crippen LogP contribution in [0, 0.1) is 11.3 Å². The molecule has 22 heavy (non-hydrogen) atoms. The van der Waals surface area contributed by atoms with Gasteiger partial charge in [0.1, 0.15) is 11.1 Å². The van der Waals surface area contributed by atoms with Gasteiger partial charge in [0.2, 0.25) is 5.88 Å². The highest BCUT2D eigenvalue weighted by Crippen LogP contribution is 2.34. The number of hydrogen-bond acceptors (Lipinski definition) is 6. The number of nitrogens with two attached hydrogens (primary N) is 1. The van der Waals surface area contributed by atoms with Gasteiger partial charge in [0.25, 0.3) is 0 Å². The van der Waals surface area contributed by atoms with Crippen molar-refractivity contribution in [1.29, 1.82) is 5.26 Å². The van der Waals surface area contributed by atoms with Crippen LogP contribution in [-0.4, -0.2) is 23.0 Å². The molecule has 0 aliphatic carbocycles. The summed E-state index contributed by atoms with van der Waals surface area (Å²) in [5.41, 5.74) is 8.74. The standard InChI is InChI=1S/C16H18N4OS/c1-2-21-15-5-3-4-11(19-15)9-20-7-6-12-13(8-17)16(18)22-14(12)10-20/h3-5H,2,6-7,9-10,18H2,1H3. The molecule has 0 fully saturated rings. The number of fused-ring (bicyclic) bond motifs is 1. The summed E-state index contributed by atoms with van der Waals surface area (Å²) in [7, 11) is 0. The molecule has 0 atom stereocenters. The number of ether oxygens (including phenoxy) is 1. The summed E-state index contributed by atoms with van der Waals surface area (Å²) in [5.74, 6) is 0.671. The van der Waals surface area contributed by atoms with Crippen molar-refractivity contribution in [3.63, 3.8) is 0 Å². The Bertz CT molecular complexity index is 719. The van der Waals surface area contributed by atoms with Gasteiger partial charge >= 0.3 is 0 Å². The molecule has 0 bridgehead atoms. The number of hydrogen-bond donors (Lipinski definition) is 1.